The van der Waals surface area contributed by atoms with E-state index in [1.165, 1.54) is 49.7 Å². The van der Waals surface area contributed by atoms with Crippen molar-refractivity contribution < 1.29 is 0 Å². The van der Waals surface area contributed by atoms with Gasteiger partial charge in [0, 0.05) is 0 Å². The molecule has 0 aromatic heterocycles. The molecule has 0 amide bonds. The molecule has 0 nitrogen and oxygen atoms in total. The maximum Gasteiger partial charge on any atom is -0.0256 e. The Morgan fingerprint density at radius 1 is 0.450 bits per heavy atom. The second-order valence-electron chi connectivity index (χ2n) is 5.28. The first kappa shape index (κ1) is 14.6. The van der Waals surface area contributed by atoms with Crippen molar-refractivity contribution in [2.45, 2.75) is 38.5 Å². The highest BCUT2D eigenvalue weighted by molar-refractivity contribution is 5.69. The van der Waals surface area contributed by atoms with Crippen molar-refractivity contribution in [3.8, 4) is 0 Å². The minimum absolute atomic E-state index is 1.23. The quantitative estimate of drug-likeness (QED) is 0.567. The zero-order chi connectivity index (χ0) is 13.9. The standard InChI is InChI=1S/C14H12.C6H12/c1-3-7-13(8-4-1)11-12-14-9-5-2-6-10-14;1-2-4-6-5-3-1/h1-12H;1-6H2. The van der Waals surface area contributed by atoms with Gasteiger partial charge in [0.2, 0.25) is 0 Å². The van der Waals surface area contributed by atoms with Crippen LogP contribution in [0.1, 0.15) is 49.7 Å². The van der Waals surface area contributed by atoms with E-state index < -0.39 is 0 Å². The zero-order valence-electron chi connectivity index (χ0n) is 12.2. The Hall–Kier alpha value is -1.82. The largest absolute Gasteiger partial charge is 0.0622 e. The Balaban J connectivity index is 0.000000205. The summed E-state index contributed by atoms with van der Waals surface area (Å²) < 4.78 is 0. The average molecular weight is 264 g/mol. The van der Waals surface area contributed by atoms with Crippen LogP contribution >= 0.6 is 0 Å². The van der Waals surface area contributed by atoms with Gasteiger partial charge in [-0.3, -0.25) is 0 Å². The van der Waals surface area contributed by atoms with Gasteiger partial charge in [-0.05, 0) is 11.1 Å². The second-order valence-corrected chi connectivity index (χ2v) is 5.28. The number of hydrogen-bond donors (Lipinski definition) is 0. The van der Waals surface area contributed by atoms with Gasteiger partial charge in [0.05, 0.1) is 0 Å². The van der Waals surface area contributed by atoms with Crippen LogP contribution in [0.2, 0.25) is 0 Å². The monoisotopic (exact) mass is 264 g/mol. The molecule has 20 heavy (non-hydrogen) atoms. The molecule has 104 valence electrons. The van der Waals surface area contributed by atoms with Crippen molar-refractivity contribution in [3.05, 3.63) is 71.8 Å². The smallest absolute Gasteiger partial charge is 0.0256 e. The van der Waals surface area contributed by atoms with Crippen molar-refractivity contribution in [2.75, 3.05) is 0 Å². The van der Waals surface area contributed by atoms with Gasteiger partial charge < -0.3 is 0 Å². The summed E-state index contributed by atoms with van der Waals surface area (Å²) >= 11 is 0. The van der Waals surface area contributed by atoms with Gasteiger partial charge in [0.1, 0.15) is 0 Å². The van der Waals surface area contributed by atoms with E-state index in [4.69, 9.17) is 0 Å². The van der Waals surface area contributed by atoms with Crippen LogP contribution in [0.5, 0.6) is 0 Å². The third-order valence-corrected chi connectivity index (χ3v) is 3.57. The van der Waals surface area contributed by atoms with E-state index in [1.807, 2.05) is 36.4 Å². The predicted molar refractivity (Wildman–Crippen MR) is 89.5 cm³/mol. The normalized spacial score (nSPS) is 14.6. The Labute approximate surface area is 123 Å². The lowest BCUT2D eigenvalue weighted by atomic mass is 10.0. The van der Waals surface area contributed by atoms with E-state index in [9.17, 15) is 0 Å². The summed E-state index contributed by atoms with van der Waals surface area (Å²) in [6.45, 7) is 0. The lowest BCUT2D eigenvalue weighted by molar-refractivity contribution is 0.504. The number of rotatable bonds is 2. The third-order valence-electron chi connectivity index (χ3n) is 3.57. The highest BCUT2D eigenvalue weighted by atomic mass is 14.0. The van der Waals surface area contributed by atoms with Crippen LogP contribution in [0.25, 0.3) is 12.2 Å². The van der Waals surface area contributed by atoms with Crippen LogP contribution in [0.4, 0.5) is 0 Å². The average Bonchev–Trinajstić information content (AvgIpc) is 2.57. The maximum atomic E-state index is 2.12. The number of hydrogen-bond acceptors (Lipinski definition) is 0. The molecule has 1 aliphatic carbocycles. The molecule has 1 fully saturated rings. The van der Waals surface area contributed by atoms with E-state index in [0.717, 1.165) is 0 Å². The van der Waals surface area contributed by atoms with Crippen molar-refractivity contribution in [3.63, 3.8) is 0 Å². The van der Waals surface area contributed by atoms with E-state index >= 15 is 0 Å². The topological polar surface area (TPSA) is 0 Å². The fraction of sp³-hybridized carbons (Fsp3) is 0.300. The summed E-state index contributed by atoms with van der Waals surface area (Å²) in [5.41, 5.74) is 2.47. The molecule has 0 unspecified atom stereocenters. The Morgan fingerprint density at radius 3 is 1.05 bits per heavy atom. The molecule has 0 radical (unpaired) electrons. The molecule has 0 heterocycles. The molecule has 3 rings (SSSR count). The Kier molecular flexibility index (Phi) is 6.67. The van der Waals surface area contributed by atoms with Gasteiger partial charge >= 0.3 is 0 Å². The molecule has 1 saturated carbocycles. The lowest BCUT2D eigenvalue weighted by Crippen LogP contribution is -1.85. The summed E-state index contributed by atoms with van der Waals surface area (Å²) in [4.78, 5) is 0. The van der Waals surface area contributed by atoms with Gasteiger partial charge in [0.15, 0.2) is 0 Å². The van der Waals surface area contributed by atoms with Crippen molar-refractivity contribution in [2.24, 2.45) is 0 Å². The molecule has 2 aromatic carbocycles. The highest BCUT2D eigenvalue weighted by Crippen LogP contribution is 2.15. The Morgan fingerprint density at radius 2 is 0.750 bits per heavy atom. The van der Waals surface area contributed by atoms with Gasteiger partial charge in [0.25, 0.3) is 0 Å². The Bertz CT molecular complexity index is 425. The first-order valence-corrected chi connectivity index (χ1v) is 7.73. The van der Waals surface area contributed by atoms with Gasteiger partial charge in [-0.1, -0.05) is 111 Å². The maximum absolute atomic E-state index is 2.12. The number of benzene rings is 2. The van der Waals surface area contributed by atoms with Crippen molar-refractivity contribution >= 4 is 12.2 Å². The van der Waals surface area contributed by atoms with Crippen LogP contribution in [0.15, 0.2) is 60.7 Å². The van der Waals surface area contributed by atoms with Crippen LogP contribution in [0, 0.1) is 0 Å². The minimum Gasteiger partial charge on any atom is -0.0622 e. The van der Waals surface area contributed by atoms with Crippen molar-refractivity contribution in [1.29, 1.82) is 0 Å². The molecule has 0 spiro atoms. The summed E-state index contributed by atoms with van der Waals surface area (Å²) in [5, 5.41) is 0. The molecule has 0 aliphatic heterocycles. The predicted octanol–water partition coefficient (Wildman–Crippen LogP) is 6.20. The van der Waals surface area contributed by atoms with Gasteiger partial charge in [-0.25, -0.2) is 0 Å². The zero-order valence-corrected chi connectivity index (χ0v) is 12.2. The minimum atomic E-state index is 1.23. The lowest BCUT2D eigenvalue weighted by Gasteiger charge is -2.05. The molecule has 0 saturated heterocycles. The van der Waals surface area contributed by atoms with Crippen LogP contribution < -0.4 is 0 Å². The molecule has 0 bridgehead atoms. The molecule has 0 N–H and O–H groups in total. The van der Waals surface area contributed by atoms with Crippen LogP contribution in [-0.2, 0) is 0 Å². The molecule has 1 aliphatic rings. The molecular weight excluding hydrogens is 240 g/mol. The SMILES string of the molecule is C(=Cc1ccccc1)c1ccccc1.C1CCCCC1. The van der Waals surface area contributed by atoms with E-state index in [1.54, 1.807) is 0 Å². The van der Waals surface area contributed by atoms with Crippen LogP contribution in [0.3, 0.4) is 0 Å². The summed E-state index contributed by atoms with van der Waals surface area (Å²) in [6, 6.07) is 20.6. The van der Waals surface area contributed by atoms with E-state index in [2.05, 4.69) is 36.4 Å². The summed E-state index contributed by atoms with van der Waals surface area (Å²) in [6.07, 6.45) is 13.2. The molecule has 2 aromatic rings. The molecule has 0 heteroatoms. The highest BCUT2D eigenvalue weighted by Gasteiger charge is 1.95. The van der Waals surface area contributed by atoms with E-state index in [-0.39, 0.29) is 0 Å². The molecular formula is C20H24. The fourth-order valence-electron chi connectivity index (χ4n) is 2.38. The fourth-order valence-corrected chi connectivity index (χ4v) is 2.38. The summed E-state index contributed by atoms with van der Waals surface area (Å²) in [7, 11) is 0. The molecule has 0 atom stereocenters. The first-order valence-electron chi connectivity index (χ1n) is 7.73. The van der Waals surface area contributed by atoms with E-state index in [0.29, 0.717) is 0 Å². The second kappa shape index (κ2) is 9.14. The third kappa shape index (κ3) is 5.88. The van der Waals surface area contributed by atoms with Crippen molar-refractivity contribution in [1.82, 2.24) is 0 Å². The first-order chi connectivity index (χ1) is 9.95. The summed E-state index contributed by atoms with van der Waals surface area (Å²) in [5.74, 6) is 0. The van der Waals surface area contributed by atoms with Gasteiger partial charge in [-0.15, -0.1) is 0 Å². The van der Waals surface area contributed by atoms with Gasteiger partial charge in [-0.2, -0.15) is 0 Å². The van der Waals surface area contributed by atoms with Crippen LogP contribution in [-0.4, -0.2) is 0 Å².